The van der Waals surface area contributed by atoms with E-state index in [1.807, 2.05) is 18.7 Å². The highest BCUT2D eigenvalue weighted by molar-refractivity contribution is 8.00. The van der Waals surface area contributed by atoms with Crippen molar-refractivity contribution in [3.8, 4) is 0 Å². The zero-order valence-electron chi connectivity index (χ0n) is 10.3. The van der Waals surface area contributed by atoms with Crippen molar-refractivity contribution in [3.05, 3.63) is 0 Å². The van der Waals surface area contributed by atoms with Crippen LogP contribution < -0.4 is 5.32 Å². The van der Waals surface area contributed by atoms with Crippen molar-refractivity contribution in [1.82, 2.24) is 5.32 Å². The first kappa shape index (κ1) is 13.2. The minimum Gasteiger partial charge on any atom is -0.480 e. The summed E-state index contributed by atoms with van der Waals surface area (Å²) in [6.45, 7) is 4.36. The largest absolute Gasteiger partial charge is 0.480 e. The molecule has 0 aromatic carbocycles. The number of aliphatic carboxylic acids is 1. The molecule has 1 aliphatic carbocycles. The van der Waals surface area contributed by atoms with Crippen LogP contribution in [0.5, 0.6) is 0 Å². The van der Waals surface area contributed by atoms with Gasteiger partial charge >= 0.3 is 5.97 Å². The number of ether oxygens (including phenoxy) is 1. The summed E-state index contributed by atoms with van der Waals surface area (Å²) in [4.78, 5) is 11.5. The molecular formula is C12H21NO3S. The van der Waals surface area contributed by atoms with E-state index in [0.29, 0.717) is 10.5 Å². The van der Waals surface area contributed by atoms with Gasteiger partial charge in [0.25, 0.3) is 0 Å². The Morgan fingerprint density at radius 1 is 1.53 bits per heavy atom. The van der Waals surface area contributed by atoms with E-state index in [-0.39, 0.29) is 0 Å². The number of hydrogen-bond donors (Lipinski definition) is 2. The maximum atomic E-state index is 11.5. The molecule has 4 nitrogen and oxygen atoms in total. The average molecular weight is 259 g/mol. The van der Waals surface area contributed by atoms with Crippen molar-refractivity contribution in [3.63, 3.8) is 0 Å². The topological polar surface area (TPSA) is 58.6 Å². The van der Waals surface area contributed by atoms with E-state index in [1.54, 1.807) is 0 Å². The fraction of sp³-hybridized carbons (Fsp3) is 0.917. The van der Waals surface area contributed by atoms with Gasteiger partial charge in [-0.1, -0.05) is 6.92 Å². The Kier molecular flexibility index (Phi) is 4.33. The second-order valence-corrected chi connectivity index (χ2v) is 6.54. The lowest BCUT2D eigenvalue weighted by Gasteiger charge is -2.40. The van der Waals surface area contributed by atoms with Gasteiger partial charge in [-0.2, -0.15) is 11.8 Å². The van der Waals surface area contributed by atoms with Crippen molar-refractivity contribution in [2.45, 2.75) is 48.6 Å². The minimum atomic E-state index is -0.686. The van der Waals surface area contributed by atoms with Crippen LogP contribution in [0.2, 0.25) is 0 Å². The van der Waals surface area contributed by atoms with Crippen molar-refractivity contribution in [2.24, 2.45) is 0 Å². The molecule has 1 heterocycles. The molecule has 1 aliphatic heterocycles. The summed E-state index contributed by atoms with van der Waals surface area (Å²) in [5.41, 5.74) is -0.685. The summed E-state index contributed by atoms with van der Waals surface area (Å²) >= 11 is 1.92. The number of nitrogens with one attached hydrogen (secondary N) is 1. The zero-order valence-corrected chi connectivity index (χ0v) is 11.1. The Morgan fingerprint density at radius 3 is 2.82 bits per heavy atom. The molecule has 0 spiro atoms. The van der Waals surface area contributed by atoms with Crippen LogP contribution in [0.1, 0.15) is 32.6 Å². The molecule has 17 heavy (non-hydrogen) atoms. The van der Waals surface area contributed by atoms with E-state index >= 15 is 0 Å². The smallest absolute Gasteiger partial charge is 0.323 e. The van der Waals surface area contributed by atoms with Crippen LogP contribution in [0.4, 0.5) is 0 Å². The first-order chi connectivity index (χ1) is 8.16. The van der Waals surface area contributed by atoms with E-state index in [9.17, 15) is 9.90 Å². The highest BCUT2D eigenvalue weighted by Gasteiger charge is 2.43. The molecule has 2 aliphatic rings. The van der Waals surface area contributed by atoms with E-state index in [1.165, 1.54) is 0 Å². The molecule has 0 aromatic heterocycles. The summed E-state index contributed by atoms with van der Waals surface area (Å²) in [6, 6.07) is 0. The lowest BCUT2D eigenvalue weighted by molar-refractivity contribution is -0.146. The third-order valence-corrected chi connectivity index (χ3v) is 5.07. The molecular weight excluding hydrogens is 238 g/mol. The van der Waals surface area contributed by atoms with Crippen LogP contribution in [0.25, 0.3) is 0 Å². The molecule has 5 heteroatoms. The SMILES string of the molecule is CCNC1(C(=O)O)CCCC(SC2COC2)C1. The Bertz CT molecular complexity index is 279. The summed E-state index contributed by atoms with van der Waals surface area (Å²) < 4.78 is 5.17. The lowest BCUT2D eigenvalue weighted by atomic mass is 9.81. The number of carboxylic acids is 1. The summed E-state index contributed by atoms with van der Waals surface area (Å²) in [5, 5.41) is 13.7. The van der Waals surface area contributed by atoms with E-state index < -0.39 is 11.5 Å². The maximum absolute atomic E-state index is 11.5. The van der Waals surface area contributed by atoms with Gasteiger partial charge in [0.2, 0.25) is 0 Å². The fourth-order valence-electron chi connectivity index (χ4n) is 2.67. The molecule has 98 valence electrons. The van der Waals surface area contributed by atoms with Crippen molar-refractivity contribution < 1.29 is 14.6 Å². The molecule has 2 unspecified atom stereocenters. The Balaban J connectivity index is 1.94. The van der Waals surface area contributed by atoms with Gasteiger partial charge in [0, 0.05) is 5.25 Å². The number of thioether (sulfide) groups is 1. The first-order valence-corrected chi connectivity index (χ1v) is 7.32. The standard InChI is InChI=1S/C12H21NO3S/c1-2-13-12(11(14)15)5-3-4-9(6-12)17-10-7-16-8-10/h9-10,13H,2-8H2,1H3,(H,14,15). The summed E-state index contributed by atoms with van der Waals surface area (Å²) in [7, 11) is 0. The lowest BCUT2D eigenvalue weighted by Crippen LogP contribution is -2.55. The van der Waals surface area contributed by atoms with Crippen molar-refractivity contribution >= 4 is 17.7 Å². The molecule has 2 fully saturated rings. The van der Waals surface area contributed by atoms with Crippen LogP contribution >= 0.6 is 11.8 Å². The number of rotatable bonds is 5. The zero-order chi connectivity index (χ0) is 12.3. The van der Waals surface area contributed by atoms with Crippen LogP contribution in [0.3, 0.4) is 0 Å². The van der Waals surface area contributed by atoms with Crippen LogP contribution in [-0.4, -0.2) is 46.9 Å². The van der Waals surface area contributed by atoms with Crippen LogP contribution in [-0.2, 0) is 9.53 Å². The molecule has 2 atom stereocenters. The minimum absolute atomic E-state index is 0.466. The van der Waals surface area contributed by atoms with Gasteiger partial charge in [-0.15, -0.1) is 0 Å². The molecule has 0 bridgehead atoms. The Morgan fingerprint density at radius 2 is 2.29 bits per heavy atom. The molecule has 1 saturated heterocycles. The van der Waals surface area contributed by atoms with E-state index in [2.05, 4.69) is 5.32 Å². The highest BCUT2D eigenvalue weighted by Crippen LogP contribution is 2.38. The number of likely N-dealkylation sites (N-methyl/N-ethyl adjacent to an activating group) is 1. The Labute approximate surface area is 106 Å². The quantitative estimate of drug-likeness (QED) is 0.783. The molecule has 1 saturated carbocycles. The predicted molar refractivity (Wildman–Crippen MR) is 68.5 cm³/mol. The van der Waals surface area contributed by atoms with Crippen molar-refractivity contribution in [1.29, 1.82) is 0 Å². The van der Waals surface area contributed by atoms with Gasteiger partial charge in [0.15, 0.2) is 0 Å². The third kappa shape index (κ3) is 2.95. The average Bonchev–Trinajstić information content (AvgIpc) is 2.24. The van der Waals surface area contributed by atoms with E-state index in [0.717, 1.165) is 45.4 Å². The highest BCUT2D eigenvalue weighted by atomic mass is 32.2. The molecule has 2 N–H and O–H groups in total. The van der Waals surface area contributed by atoms with Crippen LogP contribution in [0.15, 0.2) is 0 Å². The molecule has 0 aromatic rings. The molecule has 0 amide bonds. The molecule has 2 rings (SSSR count). The van der Waals surface area contributed by atoms with Gasteiger partial charge in [0.05, 0.1) is 18.5 Å². The number of hydrogen-bond acceptors (Lipinski definition) is 4. The maximum Gasteiger partial charge on any atom is 0.323 e. The van der Waals surface area contributed by atoms with Gasteiger partial charge in [-0.3, -0.25) is 4.79 Å². The normalized spacial score (nSPS) is 34.3. The van der Waals surface area contributed by atoms with Crippen molar-refractivity contribution in [2.75, 3.05) is 19.8 Å². The van der Waals surface area contributed by atoms with Gasteiger partial charge in [0.1, 0.15) is 5.54 Å². The number of carbonyl (C=O) groups is 1. The fourth-order valence-corrected chi connectivity index (χ4v) is 4.25. The van der Waals surface area contributed by atoms with Gasteiger partial charge < -0.3 is 15.2 Å². The second kappa shape index (κ2) is 5.59. The summed E-state index contributed by atoms with van der Waals surface area (Å²) in [6.07, 6.45) is 3.65. The first-order valence-electron chi connectivity index (χ1n) is 6.38. The van der Waals surface area contributed by atoms with Gasteiger partial charge in [-0.05, 0) is 32.2 Å². The summed E-state index contributed by atoms with van der Waals surface area (Å²) in [5.74, 6) is -0.686. The second-order valence-electron chi connectivity index (χ2n) is 4.93. The molecule has 0 radical (unpaired) electrons. The third-order valence-electron chi connectivity index (χ3n) is 3.62. The number of carboxylic acid groups (broad SMARTS) is 1. The van der Waals surface area contributed by atoms with E-state index in [4.69, 9.17) is 4.74 Å². The van der Waals surface area contributed by atoms with Gasteiger partial charge in [-0.25, -0.2) is 0 Å². The predicted octanol–water partition coefficient (Wildman–Crippen LogP) is 1.49. The monoisotopic (exact) mass is 259 g/mol. The van der Waals surface area contributed by atoms with Crippen LogP contribution in [0, 0.1) is 0 Å². The Hall–Kier alpha value is -0.260.